The average molecular weight is 271 g/mol. The minimum absolute atomic E-state index is 0.145. The summed E-state index contributed by atoms with van der Waals surface area (Å²) in [6.07, 6.45) is 1.72. The fourth-order valence-electron chi connectivity index (χ4n) is 2.23. The average Bonchev–Trinajstić information content (AvgIpc) is 2.20. The molecule has 1 aliphatic heterocycles. The van der Waals surface area contributed by atoms with E-state index in [0.29, 0.717) is 12.8 Å². The van der Waals surface area contributed by atoms with Crippen LogP contribution in [0.25, 0.3) is 0 Å². The maximum absolute atomic E-state index is 11.9. The number of esters is 1. The summed E-state index contributed by atoms with van der Waals surface area (Å²) in [5.41, 5.74) is 0. The van der Waals surface area contributed by atoms with Gasteiger partial charge in [0.15, 0.2) is 8.24 Å². The van der Waals surface area contributed by atoms with Crippen LogP contribution in [-0.2, 0) is 14.3 Å². The zero-order chi connectivity index (χ0) is 14.1. The van der Waals surface area contributed by atoms with Crippen molar-refractivity contribution in [1.82, 2.24) is 4.57 Å². The number of hydrogen-bond acceptors (Lipinski definition) is 3. The van der Waals surface area contributed by atoms with E-state index in [9.17, 15) is 9.59 Å². The Morgan fingerprint density at radius 2 is 2.00 bits per heavy atom. The Morgan fingerprint density at radius 1 is 1.44 bits per heavy atom. The van der Waals surface area contributed by atoms with Crippen molar-refractivity contribution in [2.45, 2.75) is 64.2 Å². The molecule has 0 aromatic heterocycles. The number of β-lactam (4-membered cyclic amide) rings is 1. The highest BCUT2D eigenvalue weighted by Crippen LogP contribution is 2.43. The Bertz CT molecular complexity index is 347. The number of carbonyl (C=O) groups excluding carboxylic acids is 2. The summed E-state index contributed by atoms with van der Waals surface area (Å²) in [6, 6.07) is 0.234. The standard InChI is InChI=1S/C13H25NO3Si/c1-13(2,3)18(5,6)14-10(9-11(14)15)7-8-12(16)17-4/h10H,7-9H2,1-6H3/t10-/m1/s1. The van der Waals surface area contributed by atoms with Crippen molar-refractivity contribution < 1.29 is 14.3 Å². The molecule has 0 radical (unpaired) electrons. The highest BCUT2D eigenvalue weighted by atomic mass is 28.3. The number of amides is 1. The minimum atomic E-state index is -1.80. The van der Waals surface area contributed by atoms with Gasteiger partial charge in [0.25, 0.3) is 0 Å². The molecule has 0 N–H and O–H groups in total. The van der Waals surface area contributed by atoms with Gasteiger partial charge in [-0.3, -0.25) is 9.59 Å². The number of hydrogen-bond donors (Lipinski definition) is 0. The first kappa shape index (κ1) is 15.2. The zero-order valence-electron chi connectivity index (χ0n) is 12.4. The lowest BCUT2D eigenvalue weighted by Gasteiger charge is -2.55. The topological polar surface area (TPSA) is 46.6 Å². The molecular formula is C13H25NO3Si. The maximum Gasteiger partial charge on any atom is 0.305 e. The van der Waals surface area contributed by atoms with E-state index in [2.05, 4.69) is 43.2 Å². The number of carbonyl (C=O) groups is 2. The molecule has 1 aliphatic rings. The molecule has 0 aromatic rings. The first-order chi connectivity index (χ1) is 8.11. The van der Waals surface area contributed by atoms with Crippen molar-refractivity contribution in [3.8, 4) is 0 Å². The molecule has 18 heavy (non-hydrogen) atoms. The van der Waals surface area contributed by atoms with Gasteiger partial charge in [0.2, 0.25) is 5.91 Å². The third-order valence-electron chi connectivity index (χ3n) is 4.39. The second-order valence-corrected chi connectivity index (χ2v) is 11.6. The van der Waals surface area contributed by atoms with Gasteiger partial charge in [-0.05, 0) is 11.5 Å². The summed E-state index contributed by atoms with van der Waals surface area (Å²) in [5, 5.41) is 0.145. The van der Waals surface area contributed by atoms with E-state index >= 15 is 0 Å². The molecule has 1 rings (SSSR count). The maximum atomic E-state index is 11.9. The smallest absolute Gasteiger partial charge is 0.305 e. The third kappa shape index (κ3) is 2.76. The van der Waals surface area contributed by atoms with Gasteiger partial charge in [-0.15, -0.1) is 0 Å². The third-order valence-corrected chi connectivity index (χ3v) is 9.88. The Morgan fingerprint density at radius 3 is 2.39 bits per heavy atom. The molecule has 1 amide bonds. The van der Waals surface area contributed by atoms with Crippen molar-refractivity contribution in [1.29, 1.82) is 0 Å². The summed E-state index contributed by atoms with van der Waals surface area (Å²) < 4.78 is 6.73. The number of nitrogens with zero attached hydrogens (tertiary/aromatic N) is 1. The van der Waals surface area contributed by atoms with Gasteiger partial charge in [0.1, 0.15) is 0 Å². The largest absolute Gasteiger partial charge is 0.469 e. The minimum Gasteiger partial charge on any atom is -0.469 e. The fourth-order valence-corrected chi connectivity index (χ4v) is 4.80. The second-order valence-electron chi connectivity index (χ2n) is 6.55. The molecule has 4 nitrogen and oxygen atoms in total. The van der Waals surface area contributed by atoms with E-state index in [1.807, 2.05) is 0 Å². The molecule has 104 valence electrons. The number of methoxy groups -OCH3 is 1. The van der Waals surface area contributed by atoms with Crippen LogP contribution in [0.4, 0.5) is 0 Å². The lowest BCUT2D eigenvalue weighted by Crippen LogP contribution is -2.68. The number of rotatable bonds is 4. The summed E-state index contributed by atoms with van der Waals surface area (Å²) in [6.45, 7) is 11.1. The van der Waals surface area contributed by atoms with E-state index in [4.69, 9.17) is 0 Å². The van der Waals surface area contributed by atoms with Gasteiger partial charge < -0.3 is 9.30 Å². The van der Waals surface area contributed by atoms with Gasteiger partial charge in [0, 0.05) is 18.9 Å². The monoisotopic (exact) mass is 271 g/mol. The molecule has 0 unspecified atom stereocenters. The van der Waals surface area contributed by atoms with Crippen LogP contribution in [0.3, 0.4) is 0 Å². The van der Waals surface area contributed by atoms with Crippen LogP contribution < -0.4 is 0 Å². The normalized spacial score (nSPS) is 20.7. The highest BCUT2D eigenvalue weighted by molar-refractivity contribution is 6.79. The second kappa shape index (κ2) is 5.03. The molecule has 1 saturated heterocycles. The predicted octanol–water partition coefficient (Wildman–Crippen LogP) is 2.55. The molecule has 0 spiro atoms. The molecule has 0 bridgehead atoms. The van der Waals surface area contributed by atoms with E-state index in [-0.39, 0.29) is 23.0 Å². The highest BCUT2D eigenvalue weighted by Gasteiger charge is 2.51. The first-order valence-electron chi connectivity index (χ1n) is 6.50. The van der Waals surface area contributed by atoms with Gasteiger partial charge in [-0.2, -0.15) is 0 Å². The van der Waals surface area contributed by atoms with Crippen LogP contribution in [0, 0.1) is 0 Å². The fraction of sp³-hybridized carbons (Fsp3) is 0.846. The van der Waals surface area contributed by atoms with Crippen molar-refractivity contribution in [2.24, 2.45) is 0 Å². The molecule has 1 fully saturated rings. The van der Waals surface area contributed by atoms with Crippen LogP contribution in [-0.4, -0.2) is 37.8 Å². The molecular weight excluding hydrogens is 246 g/mol. The Hall–Kier alpha value is -0.843. The molecule has 1 atom stereocenters. The molecule has 0 saturated carbocycles. The van der Waals surface area contributed by atoms with E-state index in [1.165, 1.54) is 7.11 Å². The van der Waals surface area contributed by atoms with Gasteiger partial charge in [-0.25, -0.2) is 0 Å². The van der Waals surface area contributed by atoms with E-state index in [1.54, 1.807) is 0 Å². The van der Waals surface area contributed by atoms with Gasteiger partial charge in [0.05, 0.1) is 7.11 Å². The summed E-state index contributed by atoms with van der Waals surface area (Å²) in [7, 11) is -0.396. The van der Waals surface area contributed by atoms with Crippen molar-refractivity contribution in [3.63, 3.8) is 0 Å². The lowest BCUT2D eigenvalue weighted by atomic mass is 10.0. The van der Waals surface area contributed by atoms with Crippen LogP contribution >= 0.6 is 0 Å². The quantitative estimate of drug-likeness (QED) is 0.448. The van der Waals surface area contributed by atoms with Crippen LogP contribution in [0.15, 0.2) is 0 Å². The summed E-state index contributed by atoms with van der Waals surface area (Å²) >= 11 is 0. The summed E-state index contributed by atoms with van der Waals surface area (Å²) in [5.74, 6) is 0.0565. The lowest BCUT2D eigenvalue weighted by molar-refractivity contribution is -0.144. The SMILES string of the molecule is COC(=O)CC[C@@H]1CC(=O)N1[Si](C)(C)C(C)(C)C. The van der Waals surface area contributed by atoms with Gasteiger partial charge >= 0.3 is 5.97 Å². The van der Waals surface area contributed by atoms with Crippen molar-refractivity contribution >= 4 is 20.1 Å². The number of ether oxygens (including phenoxy) is 1. The van der Waals surface area contributed by atoms with Crippen LogP contribution in [0.1, 0.15) is 40.0 Å². The Labute approximate surface area is 111 Å². The predicted molar refractivity (Wildman–Crippen MR) is 73.7 cm³/mol. The molecule has 0 aliphatic carbocycles. The molecule has 0 aromatic carbocycles. The van der Waals surface area contributed by atoms with Crippen LogP contribution in [0.2, 0.25) is 18.1 Å². The molecule has 1 heterocycles. The van der Waals surface area contributed by atoms with Crippen molar-refractivity contribution in [3.05, 3.63) is 0 Å². The molecule has 5 heteroatoms. The zero-order valence-corrected chi connectivity index (χ0v) is 13.4. The Kier molecular flexibility index (Phi) is 4.25. The first-order valence-corrected chi connectivity index (χ1v) is 9.45. The van der Waals surface area contributed by atoms with E-state index in [0.717, 1.165) is 6.42 Å². The van der Waals surface area contributed by atoms with Crippen LogP contribution in [0.5, 0.6) is 0 Å². The summed E-state index contributed by atoms with van der Waals surface area (Å²) in [4.78, 5) is 23.1. The van der Waals surface area contributed by atoms with Gasteiger partial charge in [-0.1, -0.05) is 33.9 Å². The Balaban J connectivity index is 2.69. The van der Waals surface area contributed by atoms with E-state index < -0.39 is 8.24 Å². The van der Waals surface area contributed by atoms with Crippen molar-refractivity contribution in [2.75, 3.05) is 7.11 Å².